The Bertz CT molecular complexity index is 1500. The van der Waals surface area contributed by atoms with E-state index in [1.165, 1.54) is 10.5 Å². The quantitative estimate of drug-likeness (QED) is 0.191. The molecule has 0 radical (unpaired) electrons. The summed E-state index contributed by atoms with van der Waals surface area (Å²) in [7, 11) is 1.69. The molecule has 8 heteroatoms. The summed E-state index contributed by atoms with van der Waals surface area (Å²) in [6, 6.07) is 30.9. The molecule has 184 valence electrons. The van der Waals surface area contributed by atoms with Gasteiger partial charge in [0.1, 0.15) is 11.1 Å². The number of aromatic nitrogens is 2. The highest BCUT2D eigenvalue weighted by Gasteiger charge is 2.35. The van der Waals surface area contributed by atoms with Gasteiger partial charge in [-0.05, 0) is 54.1 Å². The number of nitrogens with one attached hydrogen (secondary N) is 1. The Morgan fingerprint density at radius 3 is 2.59 bits per heavy atom. The third kappa shape index (κ3) is 5.03. The minimum absolute atomic E-state index is 0.0128. The summed E-state index contributed by atoms with van der Waals surface area (Å²) >= 11 is 3.45. The zero-order valence-corrected chi connectivity index (χ0v) is 21.9. The van der Waals surface area contributed by atoms with Crippen LogP contribution in [0.25, 0.3) is 10.2 Å². The van der Waals surface area contributed by atoms with Crippen LogP contribution < -0.4 is 15.0 Å². The third-order valence-corrected chi connectivity index (χ3v) is 8.35. The number of thioether (sulfide) groups is 1. The van der Waals surface area contributed by atoms with Crippen LogP contribution in [0.1, 0.15) is 16.6 Å². The average molecular weight is 524 g/mol. The second kappa shape index (κ2) is 10.6. The predicted molar refractivity (Wildman–Crippen MR) is 154 cm³/mol. The van der Waals surface area contributed by atoms with Gasteiger partial charge >= 0.3 is 0 Å². The van der Waals surface area contributed by atoms with E-state index in [1.807, 2.05) is 66.5 Å². The lowest BCUT2D eigenvalue weighted by atomic mass is 10.2. The highest BCUT2D eigenvalue weighted by molar-refractivity contribution is 8.00. The minimum atomic E-state index is 0.0128. The van der Waals surface area contributed by atoms with Crippen LogP contribution in [0, 0.1) is 0 Å². The molecule has 1 atom stereocenters. The first-order chi connectivity index (χ1) is 18.3. The molecule has 1 aliphatic rings. The number of rotatable bonds is 6. The Labute approximate surface area is 224 Å². The molecule has 3 aromatic carbocycles. The van der Waals surface area contributed by atoms with Gasteiger partial charge in [-0.2, -0.15) is 0 Å². The molecular formula is C29H25N5OS2. The van der Waals surface area contributed by atoms with Gasteiger partial charge in [-0.15, -0.1) is 0 Å². The topological polar surface area (TPSA) is 62.6 Å². The first-order valence-corrected chi connectivity index (χ1v) is 13.7. The molecule has 0 spiro atoms. The number of pyridine rings is 1. The lowest BCUT2D eigenvalue weighted by Gasteiger charge is -2.28. The molecule has 6 nitrogen and oxygen atoms in total. The zero-order chi connectivity index (χ0) is 25.0. The normalized spacial score (nSPS) is 15.1. The molecule has 0 aliphatic carbocycles. The minimum Gasteiger partial charge on any atom is -0.497 e. The van der Waals surface area contributed by atoms with E-state index in [4.69, 9.17) is 14.7 Å². The van der Waals surface area contributed by atoms with Crippen LogP contribution >= 0.6 is 23.1 Å². The number of benzene rings is 3. The van der Waals surface area contributed by atoms with Crippen molar-refractivity contribution < 1.29 is 4.74 Å². The number of methoxy groups -OCH3 is 1. The van der Waals surface area contributed by atoms with Gasteiger partial charge in [0.2, 0.25) is 5.96 Å². The van der Waals surface area contributed by atoms with Crippen molar-refractivity contribution >= 4 is 50.1 Å². The maximum absolute atomic E-state index is 5.40. The molecule has 6 rings (SSSR count). The first-order valence-electron chi connectivity index (χ1n) is 12.0. The van der Waals surface area contributed by atoms with E-state index >= 15 is 0 Å². The van der Waals surface area contributed by atoms with Crippen molar-refractivity contribution in [2.75, 3.05) is 23.9 Å². The van der Waals surface area contributed by atoms with Gasteiger partial charge < -0.3 is 10.1 Å². The number of thiazole rings is 1. The Morgan fingerprint density at radius 2 is 1.78 bits per heavy atom. The SMILES string of the molecule is COc1ccc(C2Sc3ccccc3N2C(=NCCc2ccccn2)Nc2nc3ccccc3s2)cc1. The number of hydrogen-bond acceptors (Lipinski definition) is 6. The smallest absolute Gasteiger partial charge is 0.206 e. The van der Waals surface area contributed by atoms with E-state index < -0.39 is 0 Å². The summed E-state index contributed by atoms with van der Waals surface area (Å²) in [5.41, 5.74) is 4.29. The molecule has 0 amide bonds. The fourth-order valence-corrected chi connectivity index (χ4v) is 6.44. The van der Waals surface area contributed by atoms with E-state index in [0.29, 0.717) is 6.54 Å². The number of guanidine groups is 1. The largest absolute Gasteiger partial charge is 0.497 e. The van der Waals surface area contributed by atoms with Gasteiger partial charge in [-0.1, -0.05) is 65.6 Å². The molecule has 37 heavy (non-hydrogen) atoms. The average Bonchev–Trinajstić information content (AvgIpc) is 3.54. The molecule has 0 bridgehead atoms. The van der Waals surface area contributed by atoms with Crippen molar-refractivity contribution in [1.82, 2.24) is 9.97 Å². The molecule has 1 aliphatic heterocycles. The maximum Gasteiger partial charge on any atom is 0.206 e. The lowest BCUT2D eigenvalue weighted by Crippen LogP contribution is -2.36. The lowest BCUT2D eigenvalue weighted by molar-refractivity contribution is 0.414. The summed E-state index contributed by atoms with van der Waals surface area (Å²) in [6.07, 6.45) is 2.58. The van der Waals surface area contributed by atoms with Crippen molar-refractivity contribution in [2.45, 2.75) is 16.7 Å². The van der Waals surface area contributed by atoms with Crippen molar-refractivity contribution in [3.63, 3.8) is 0 Å². The fourth-order valence-electron chi connectivity index (χ4n) is 4.29. The van der Waals surface area contributed by atoms with Gasteiger partial charge in [0.15, 0.2) is 5.13 Å². The predicted octanol–water partition coefficient (Wildman–Crippen LogP) is 7.02. The molecule has 3 heterocycles. The Hall–Kier alpha value is -3.88. The standard InChI is InChI=1S/C29H25N5OS2/c1-35-22-15-13-20(14-16-22)27-34(24-10-3-5-12-26(24)36-27)28(31-19-17-21-8-6-7-18-30-21)33-29-32-23-9-2-4-11-25(23)37-29/h2-16,18,27H,17,19H2,1H3,(H,31,32,33). The number of anilines is 2. The fraction of sp³-hybridized carbons (Fsp3) is 0.138. The summed E-state index contributed by atoms with van der Waals surface area (Å²) < 4.78 is 6.54. The van der Waals surface area contributed by atoms with E-state index in [9.17, 15) is 0 Å². The highest BCUT2D eigenvalue weighted by atomic mass is 32.2. The van der Waals surface area contributed by atoms with E-state index in [1.54, 1.807) is 18.4 Å². The van der Waals surface area contributed by atoms with Crippen molar-refractivity contribution in [3.05, 3.63) is 108 Å². The summed E-state index contributed by atoms with van der Waals surface area (Å²) in [5.74, 6) is 1.61. The van der Waals surface area contributed by atoms with Gasteiger partial charge in [0.05, 0.1) is 23.0 Å². The number of aliphatic imine (C=N–C) groups is 1. The Kier molecular flexibility index (Phi) is 6.75. The van der Waals surface area contributed by atoms with Gasteiger partial charge in [-0.25, -0.2) is 4.98 Å². The van der Waals surface area contributed by atoms with Crippen LogP contribution in [-0.2, 0) is 6.42 Å². The van der Waals surface area contributed by atoms with Gasteiger partial charge in [0.25, 0.3) is 0 Å². The molecule has 0 saturated carbocycles. The van der Waals surface area contributed by atoms with E-state index in [2.05, 4.69) is 57.7 Å². The van der Waals surface area contributed by atoms with Crippen LogP contribution in [0.2, 0.25) is 0 Å². The van der Waals surface area contributed by atoms with Crippen molar-refractivity contribution in [3.8, 4) is 5.75 Å². The third-order valence-electron chi connectivity index (χ3n) is 6.10. The molecule has 1 unspecified atom stereocenters. The van der Waals surface area contributed by atoms with Crippen molar-refractivity contribution in [2.24, 2.45) is 4.99 Å². The molecule has 5 aromatic rings. The van der Waals surface area contributed by atoms with Crippen molar-refractivity contribution in [1.29, 1.82) is 0 Å². The Morgan fingerprint density at radius 1 is 0.973 bits per heavy atom. The number of ether oxygens (including phenoxy) is 1. The number of fused-ring (bicyclic) bond motifs is 2. The van der Waals surface area contributed by atoms with Crippen LogP contribution in [-0.4, -0.2) is 29.6 Å². The zero-order valence-electron chi connectivity index (χ0n) is 20.2. The number of para-hydroxylation sites is 2. The summed E-state index contributed by atoms with van der Waals surface area (Å²) in [6.45, 7) is 0.600. The van der Waals surface area contributed by atoms with E-state index in [0.717, 1.165) is 44.9 Å². The molecule has 1 N–H and O–H groups in total. The maximum atomic E-state index is 5.40. The molecular weight excluding hydrogens is 498 g/mol. The second-order valence-electron chi connectivity index (χ2n) is 8.47. The molecule has 0 fully saturated rings. The van der Waals surface area contributed by atoms with Gasteiger partial charge in [0, 0.05) is 29.8 Å². The van der Waals surface area contributed by atoms with Crippen LogP contribution in [0.4, 0.5) is 10.8 Å². The molecule has 2 aromatic heterocycles. The summed E-state index contributed by atoms with van der Waals surface area (Å²) in [5, 5.41) is 4.42. The molecule has 0 saturated heterocycles. The van der Waals surface area contributed by atoms with Gasteiger partial charge in [-0.3, -0.25) is 14.9 Å². The summed E-state index contributed by atoms with van der Waals surface area (Å²) in [4.78, 5) is 17.9. The second-order valence-corrected chi connectivity index (χ2v) is 10.6. The first kappa shape index (κ1) is 23.5. The van der Waals surface area contributed by atoms with Crippen LogP contribution in [0.15, 0.2) is 107 Å². The number of nitrogens with zero attached hydrogens (tertiary/aromatic N) is 4. The Balaban J connectivity index is 1.39. The highest BCUT2D eigenvalue weighted by Crippen LogP contribution is 2.51. The monoisotopic (exact) mass is 523 g/mol. The number of hydrogen-bond donors (Lipinski definition) is 1. The van der Waals surface area contributed by atoms with Crippen LogP contribution in [0.3, 0.4) is 0 Å². The van der Waals surface area contributed by atoms with Crippen LogP contribution in [0.5, 0.6) is 5.75 Å². The van der Waals surface area contributed by atoms with E-state index in [-0.39, 0.29) is 5.37 Å².